The number of carbonyl (C=O) groups is 2. The molecule has 0 atom stereocenters. The van der Waals surface area contributed by atoms with Gasteiger partial charge < -0.3 is 4.81 Å². The molecular weight excluding hydrogens is 105 g/mol. The third kappa shape index (κ3) is 0.618. The Balaban J connectivity index is 2.70. The van der Waals surface area contributed by atoms with Crippen LogP contribution in [-0.2, 0) is 9.59 Å². The zero-order valence-corrected chi connectivity index (χ0v) is 4.68. The SMILES string of the molecule is BN1C(=O)CCC1=O. The van der Waals surface area contributed by atoms with Crippen LogP contribution < -0.4 is 0 Å². The van der Waals surface area contributed by atoms with Gasteiger partial charge >= 0.3 is 0 Å². The van der Waals surface area contributed by atoms with Crippen molar-refractivity contribution in [2.24, 2.45) is 0 Å². The van der Waals surface area contributed by atoms with Gasteiger partial charge in [0.25, 0.3) is 0 Å². The van der Waals surface area contributed by atoms with Crippen molar-refractivity contribution >= 4 is 19.8 Å². The van der Waals surface area contributed by atoms with Crippen molar-refractivity contribution in [3.05, 3.63) is 0 Å². The first-order valence-electron chi connectivity index (χ1n) is 2.51. The molecule has 0 aliphatic carbocycles. The van der Waals surface area contributed by atoms with E-state index in [1.807, 2.05) is 0 Å². The number of rotatable bonds is 0. The molecule has 4 heteroatoms. The molecule has 2 amide bonds. The summed E-state index contributed by atoms with van der Waals surface area (Å²) in [5, 5.41) is 0. The van der Waals surface area contributed by atoms with E-state index in [1.165, 1.54) is 12.8 Å². The smallest absolute Gasteiger partial charge is 0.231 e. The largest absolute Gasteiger partial charge is 0.336 e. The minimum atomic E-state index is -0.0602. The van der Waals surface area contributed by atoms with Gasteiger partial charge in [0.15, 0.2) is 0 Å². The molecule has 1 aliphatic rings. The van der Waals surface area contributed by atoms with Crippen LogP contribution in [0.1, 0.15) is 12.8 Å². The Morgan fingerprint density at radius 1 is 1.25 bits per heavy atom. The predicted octanol–water partition coefficient (Wildman–Crippen LogP) is -1.32. The first-order chi connectivity index (χ1) is 3.72. The Morgan fingerprint density at radius 2 is 1.62 bits per heavy atom. The second-order valence-electron chi connectivity index (χ2n) is 1.85. The van der Waals surface area contributed by atoms with E-state index >= 15 is 0 Å². The van der Waals surface area contributed by atoms with Crippen LogP contribution in [0.15, 0.2) is 0 Å². The van der Waals surface area contributed by atoms with Crippen molar-refractivity contribution in [2.75, 3.05) is 0 Å². The molecule has 0 N–H and O–H groups in total. The Labute approximate surface area is 48.1 Å². The summed E-state index contributed by atoms with van der Waals surface area (Å²) in [5.74, 6) is -0.120. The van der Waals surface area contributed by atoms with Crippen molar-refractivity contribution in [3.63, 3.8) is 0 Å². The van der Waals surface area contributed by atoms with E-state index in [0.29, 0.717) is 12.8 Å². The quantitative estimate of drug-likeness (QED) is 0.287. The van der Waals surface area contributed by atoms with Crippen molar-refractivity contribution in [2.45, 2.75) is 12.8 Å². The molecule has 1 fully saturated rings. The molecule has 0 unspecified atom stereocenters. The van der Waals surface area contributed by atoms with Crippen LogP contribution in [0.4, 0.5) is 0 Å². The highest BCUT2D eigenvalue weighted by molar-refractivity contribution is 6.27. The van der Waals surface area contributed by atoms with E-state index in [-0.39, 0.29) is 11.8 Å². The van der Waals surface area contributed by atoms with Crippen LogP contribution in [-0.4, -0.2) is 24.6 Å². The molecular formula is C4H6BNO2. The topological polar surface area (TPSA) is 37.4 Å². The number of carbonyl (C=O) groups excluding carboxylic acids is 2. The third-order valence-electron chi connectivity index (χ3n) is 1.30. The maximum absolute atomic E-state index is 10.5. The average molecular weight is 111 g/mol. The monoisotopic (exact) mass is 111 g/mol. The molecule has 0 bridgehead atoms. The maximum atomic E-state index is 10.5. The fraction of sp³-hybridized carbons (Fsp3) is 0.500. The van der Waals surface area contributed by atoms with Crippen LogP contribution in [0.2, 0.25) is 0 Å². The molecule has 1 rings (SSSR count). The lowest BCUT2D eigenvalue weighted by Crippen LogP contribution is -2.25. The summed E-state index contributed by atoms with van der Waals surface area (Å²) in [6, 6.07) is 0. The molecule has 0 aromatic rings. The molecule has 0 spiro atoms. The maximum Gasteiger partial charge on any atom is 0.231 e. The summed E-state index contributed by atoms with van der Waals surface area (Å²) in [6.07, 6.45) is 0.796. The molecule has 8 heavy (non-hydrogen) atoms. The fourth-order valence-corrected chi connectivity index (χ4v) is 0.688. The van der Waals surface area contributed by atoms with Gasteiger partial charge in [-0.05, 0) is 0 Å². The van der Waals surface area contributed by atoms with Crippen LogP contribution in [0.25, 0.3) is 0 Å². The lowest BCUT2D eigenvalue weighted by molar-refractivity contribution is -0.132. The minimum Gasteiger partial charge on any atom is -0.336 e. The van der Waals surface area contributed by atoms with Crippen LogP contribution in [0.3, 0.4) is 0 Å². The number of amides is 2. The highest BCUT2D eigenvalue weighted by Gasteiger charge is 2.23. The van der Waals surface area contributed by atoms with Crippen LogP contribution in [0.5, 0.6) is 0 Å². The molecule has 1 saturated heterocycles. The summed E-state index contributed by atoms with van der Waals surface area (Å²) >= 11 is 0. The van der Waals surface area contributed by atoms with Crippen molar-refractivity contribution in [1.29, 1.82) is 0 Å². The molecule has 1 aliphatic heterocycles. The van der Waals surface area contributed by atoms with E-state index in [2.05, 4.69) is 0 Å². The standard InChI is InChI=1S/C4H6BNO2/c5-6-3(7)1-2-4(6)8/h1-2,5H2. The molecule has 0 radical (unpaired) electrons. The van der Waals surface area contributed by atoms with Gasteiger partial charge in [-0.2, -0.15) is 0 Å². The highest BCUT2D eigenvalue weighted by Crippen LogP contribution is 2.06. The Hall–Kier alpha value is -0.795. The van der Waals surface area contributed by atoms with Gasteiger partial charge in [0.05, 0.1) is 0 Å². The predicted molar refractivity (Wildman–Crippen MR) is 29.6 cm³/mol. The minimum absolute atomic E-state index is 0.0602. The first kappa shape index (κ1) is 5.34. The van der Waals surface area contributed by atoms with E-state index in [9.17, 15) is 9.59 Å². The summed E-state index contributed by atoms with van der Waals surface area (Å²) in [6.45, 7) is 0. The van der Waals surface area contributed by atoms with Crippen LogP contribution in [0, 0.1) is 0 Å². The molecule has 0 aromatic carbocycles. The van der Waals surface area contributed by atoms with Gasteiger partial charge in [-0.15, -0.1) is 0 Å². The van der Waals surface area contributed by atoms with Gasteiger partial charge in [-0.1, -0.05) is 0 Å². The summed E-state index contributed by atoms with van der Waals surface area (Å²) in [7, 11) is 1.51. The van der Waals surface area contributed by atoms with Gasteiger partial charge in [0, 0.05) is 12.8 Å². The summed E-state index contributed by atoms with van der Waals surface area (Å²) in [5.41, 5.74) is 0. The lowest BCUT2D eigenvalue weighted by atomic mass is 10.3. The second kappa shape index (κ2) is 1.61. The van der Waals surface area contributed by atoms with Crippen LogP contribution >= 0.6 is 0 Å². The zero-order chi connectivity index (χ0) is 6.15. The van der Waals surface area contributed by atoms with Gasteiger partial charge in [-0.3, -0.25) is 9.59 Å². The highest BCUT2D eigenvalue weighted by atomic mass is 16.2. The number of nitrogens with zero attached hydrogens (tertiary/aromatic N) is 1. The molecule has 1 heterocycles. The van der Waals surface area contributed by atoms with Crippen molar-refractivity contribution in [1.82, 2.24) is 4.81 Å². The van der Waals surface area contributed by atoms with Gasteiger partial charge in [-0.25, -0.2) is 0 Å². The average Bonchev–Trinajstić information content (AvgIpc) is 1.98. The van der Waals surface area contributed by atoms with Crippen molar-refractivity contribution < 1.29 is 9.59 Å². The fourth-order valence-electron chi connectivity index (χ4n) is 0.688. The van der Waals surface area contributed by atoms with E-state index in [0.717, 1.165) is 0 Å². The lowest BCUT2D eigenvalue weighted by Gasteiger charge is -2.02. The molecule has 0 aromatic heterocycles. The van der Waals surface area contributed by atoms with E-state index in [4.69, 9.17) is 0 Å². The first-order valence-corrected chi connectivity index (χ1v) is 2.51. The molecule has 3 nitrogen and oxygen atoms in total. The third-order valence-corrected chi connectivity index (χ3v) is 1.30. The molecule has 42 valence electrons. The Kier molecular flexibility index (Phi) is 1.08. The summed E-state index contributed by atoms with van der Waals surface area (Å²) in [4.78, 5) is 22.1. The van der Waals surface area contributed by atoms with E-state index < -0.39 is 0 Å². The molecule has 0 saturated carbocycles. The number of hydrogen-bond acceptors (Lipinski definition) is 2. The van der Waals surface area contributed by atoms with Gasteiger partial charge in [0.1, 0.15) is 0 Å². The van der Waals surface area contributed by atoms with Gasteiger partial charge in [0.2, 0.25) is 19.8 Å². The number of hydrogen-bond donors (Lipinski definition) is 0. The summed E-state index contributed by atoms with van der Waals surface area (Å²) < 4.78 is 0. The zero-order valence-electron chi connectivity index (χ0n) is 4.68. The normalized spacial score (nSPS) is 20.2. The number of imide groups is 1. The van der Waals surface area contributed by atoms with E-state index in [1.54, 1.807) is 0 Å². The Bertz CT molecular complexity index is 129. The second-order valence-corrected chi connectivity index (χ2v) is 1.85. The van der Waals surface area contributed by atoms with Crippen molar-refractivity contribution in [3.8, 4) is 0 Å². The Morgan fingerprint density at radius 3 is 1.75 bits per heavy atom.